The lowest BCUT2D eigenvalue weighted by Gasteiger charge is -2.16. The molecule has 0 aromatic heterocycles. The first kappa shape index (κ1) is 15.2. The molecule has 3 amide bonds. The lowest BCUT2D eigenvalue weighted by Crippen LogP contribution is -2.31. The molecule has 0 aliphatic rings. The van der Waals surface area contributed by atoms with E-state index in [1.54, 1.807) is 13.8 Å². The van der Waals surface area contributed by atoms with Gasteiger partial charge in [0.25, 0.3) is 0 Å². The zero-order chi connectivity index (χ0) is 13.6. The van der Waals surface area contributed by atoms with Crippen molar-refractivity contribution >= 4 is 17.7 Å². The van der Waals surface area contributed by atoms with Gasteiger partial charge in [-0.15, -0.1) is 0 Å². The molecule has 0 aromatic rings. The summed E-state index contributed by atoms with van der Waals surface area (Å²) in [5.74, 6) is -2.75. The molecular weight excluding hydrogens is 222 g/mol. The van der Waals surface area contributed by atoms with E-state index in [9.17, 15) is 14.4 Å². The van der Waals surface area contributed by atoms with Gasteiger partial charge in [-0.1, -0.05) is 13.0 Å². The predicted molar refractivity (Wildman–Crippen MR) is 63.2 cm³/mol. The fraction of sp³-hybridized carbons (Fsp3) is 0.545. The van der Waals surface area contributed by atoms with Crippen LogP contribution in [0.15, 0.2) is 11.6 Å². The minimum atomic E-state index is -0.615. The van der Waals surface area contributed by atoms with E-state index in [0.717, 1.165) is 0 Å². The van der Waals surface area contributed by atoms with Crippen molar-refractivity contribution < 1.29 is 14.4 Å². The summed E-state index contributed by atoms with van der Waals surface area (Å²) in [5.41, 5.74) is 15.8. The van der Waals surface area contributed by atoms with Gasteiger partial charge in [0, 0.05) is 17.4 Å². The Balaban J connectivity index is 4.71. The average molecular weight is 241 g/mol. The summed E-state index contributed by atoms with van der Waals surface area (Å²) < 4.78 is 0. The number of rotatable bonds is 7. The van der Waals surface area contributed by atoms with Crippen LogP contribution in [0, 0.1) is 11.8 Å². The third kappa shape index (κ3) is 5.14. The number of hydrogen-bond acceptors (Lipinski definition) is 3. The van der Waals surface area contributed by atoms with E-state index >= 15 is 0 Å². The van der Waals surface area contributed by atoms with Crippen LogP contribution in [0.4, 0.5) is 0 Å². The molecule has 2 unspecified atom stereocenters. The van der Waals surface area contributed by atoms with Crippen molar-refractivity contribution in [1.29, 1.82) is 0 Å². The van der Waals surface area contributed by atoms with Gasteiger partial charge in [-0.25, -0.2) is 0 Å². The molecule has 0 heterocycles. The van der Waals surface area contributed by atoms with Crippen LogP contribution in [0.25, 0.3) is 0 Å². The van der Waals surface area contributed by atoms with E-state index in [4.69, 9.17) is 17.2 Å². The maximum Gasteiger partial charge on any atom is 0.244 e. The minimum Gasteiger partial charge on any atom is -0.369 e. The molecule has 96 valence electrons. The lowest BCUT2D eigenvalue weighted by atomic mass is 9.89. The highest BCUT2D eigenvalue weighted by Gasteiger charge is 2.23. The second-order valence-corrected chi connectivity index (χ2v) is 4.02. The Morgan fingerprint density at radius 1 is 1.12 bits per heavy atom. The molecule has 0 fully saturated rings. The summed E-state index contributed by atoms with van der Waals surface area (Å²) in [7, 11) is 0. The fourth-order valence-electron chi connectivity index (χ4n) is 1.47. The van der Waals surface area contributed by atoms with Crippen molar-refractivity contribution in [3.8, 4) is 0 Å². The van der Waals surface area contributed by atoms with Crippen LogP contribution in [0.3, 0.4) is 0 Å². The Hall–Kier alpha value is -1.85. The van der Waals surface area contributed by atoms with E-state index in [1.165, 1.54) is 6.08 Å². The molecule has 2 atom stereocenters. The van der Waals surface area contributed by atoms with Crippen molar-refractivity contribution in [2.45, 2.75) is 26.7 Å². The zero-order valence-electron chi connectivity index (χ0n) is 10.1. The smallest absolute Gasteiger partial charge is 0.244 e. The summed E-state index contributed by atoms with van der Waals surface area (Å²) in [5, 5.41) is 0. The Bertz CT molecular complexity index is 350. The van der Waals surface area contributed by atoms with E-state index in [-0.39, 0.29) is 12.8 Å². The first-order valence-electron chi connectivity index (χ1n) is 5.33. The summed E-state index contributed by atoms with van der Waals surface area (Å²) in [6.45, 7) is 3.26. The third-order valence-corrected chi connectivity index (χ3v) is 2.66. The number of carbonyl (C=O) groups excluding carboxylic acids is 3. The minimum absolute atomic E-state index is 0.138. The molecule has 17 heavy (non-hydrogen) atoms. The van der Waals surface area contributed by atoms with Gasteiger partial charge in [-0.2, -0.15) is 0 Å². The zero-order valence-corrected chi connectivity index (χ0v) is 10.1. The van der Waals surface area contributed by atoms with E-state index in [0.29, 0.717) is 5.57 Å². The maximum absolute atomic E-state index is 11.2. The first-order chi connectivity index (χ1) is 7.79. The highest BCUT2D eigenvalue weighted by atomic mass is 16.2. The van der Waals surface area contributed by atoms with Crippen LogP contribution in [0.1, 0.15) is 26.7 Å². The van der Waals surface area contributed by atoms with Crippen LogP contribution in [0.5, 0.6) is 0 Å². The van der Waals surface area contributed by atoms with Gasteiger partial charge in [0.2, 0.25) is 17.7 Å². The standard InChI is InChI=1S/C11H19N3O3/c1-3-7(10(13)16)5-8(11(14)17)4-6(2)9(12)15/h3,6,8H,4-5H2,1-2H3,(H2,12,15)(H2,13,16)(H2,14,17). The molecular formula is C11H19N3O3. The van der Waals surface area contributed by atoms with Gasteiger partial charge < -0.3 is 17.2 Å². The number of carbonyl (C=O) groups is 3. The number of allylic oxidation sites excluding steroid dienone is 1. The number of amides is 3. The molecule has 0 bridgehead atoms. The SMILES string of the molecule is CC=C(CC(CC(C)C(N)=O)C(N)=O)C(N)=O. The summed E-state index contributed by atoms with van der Waals surface area (Å²) in [4.78, 5) is 33.2. The van der Waals surface area contributed by atoms with E-state index < -0.39 is 29.6 Å². The van der Waals surface area contributed by atoms with E-state index in [2.05, 4.69) is 0 Å². The van der Waals surface area contributed by atoms with Gasteiger partial charge in [0.05, 0.1) is 0 Å². The second-order valence-electron chi connectivity index (χ2n) is 4.02. The van der Waals surface area contributed by atoms with Crippen LogP contribution in [0.2, 0.25) is 0 Å². The normalized spacial score (nSPS) is 15.1. The predicted octanol–water partition coefficient (Wildman–Crippen LogP) is -0.579. The number of hydrogen-bond donors (Lipinski definition) is 3. The third-order valence-electron chi connectivity index (χ3n) is 2.66. The Kier molecular flexibility index (Phi) is 5.95. The molecule has 0 spiro atoms. The van der Waals surface area contributed by atoms with Crippen molar-refractivity contribution in [3.63, 3.8) is 0 Å². The number of primary amides is 3. The Morgan fingerprint density at radius 2 is 1.65 bits per heavy atom. The quantitative estimate of drug-likeness (QED) is 0.515. The fourth-order valence-corrected chi connectivity index (χ4v) is 1.47. The maximum atomic E-state index is 11.2. The second kappa shape index (κ2) is 6.67. The van der Waals surface area contributed by atoms with Gasteiger partial charge in [0.1, 0.15) is 0 Å². The molecule has 6 heteroatoms. The van der Waals surface area contributed by atoms with Crippen LogP contribution < -0.4 is 17.2 Å². The Labute approximate surface area is 100 Å². The van der Waals surface area contributed by atoms with Gasteiger partial charge in [0.15, 0.2) is 0 Å². The van der Waals surface area contributed by atoms with Crippen molar-refractivity contribution in [2.24, 2.45) is 29.0 Å². The van der Waals surface area contributed by atoms with Gasteiger partial charge in [-0.05, 0) is 19.8 Å². The molecule has 6 N–H and O–H groups in total. The molecule has 0 radical (unpaired) electrons. The molecule has 6 nitrogen and oxygen atoms in total. The van der Waals surface area contributed by atoms with Crippen molar-refractivity contribution in [3.05, 3.63) is 11.6 Å². The van der Waals surface area contributed by atoms with Gasteiger partial charge in [-0.3, -0.25) is 14.4 Å². The molecule has 0 aliphatic heterocycles. The van der Waals surface area contributed by atoms with Crippen LogP contribution in [-0.4, -0.2) is 17.7 Å². The number of nitrogens with two attached hydrogens (primary N) is 3. The molecule has 0 saturated heterocycles. The summed E-state index contributed by atoms with van der Waals surface area (Å²) >= 11 is 0. The first-order valence-corrected chi connectivity index (χ1v) is 5.33. The molecule has 0 aliphatic carbocycles. The van der Waals surface area contributed by atoms with Crippen LogP contribution in [-0.2, 0) is 14.4 Å². The molecule has 0 aromatic carbocycles. The van der Waals surface area contributed by atoms with Gasteiger partial charge >= 0.3 is 0 Å². The molecule has 0 saturated carbocycles. The van der Waals surface area contributed by atoms with Crippen molar-refractivity contribution in [1.82, 2.24) is 0 Å². The van der Waals surface area contributed by atoms with Crippen molar-refractivity contribution in [2.75, 3.05) is 0 Å². The topological polar surface area (TPSA) is 129 Å². The summed E-state index contributed by atoms with van der Waals surface area (Å²) in [6, 6.07) is 0. The summed E-state index contributed by atoms with van der Waals surface area (Å²) in [6.07, 6.45) is 1.89. The average Bonchev–Trinajstić information content (AvgIpc) is 2.22. The Morgan fingerprint density at radius 3 is 1.94 bits per heavy atom. The highest BCUT2D eigenvalue weighted by molar-refractivity contribution is 5.93. The lowest BCUT2D eigenvalue weighted by molar-refractivity contribution is -0.124. The largest absolute Gasteiger partial charge is 0.369 e. The monoisotopic (exact) mass is 241 g/mol. The van der Waals surface area contributed by atoms with Crippen LogP contribution >= 0.6 is 0 Å². The highest BCUT2D eigenvalue weighted by Crippen LogP contribution is 2.19. The van der Waals surface area contributed by atoms with E-state index in [1.807, 2.05) is 0 Å². The molecule has 0 rings (SSSR count).